The number of piperidine rings is 2. The summed E-state index contributed by atoms with van der Waals surface area (Å²) < 4.78 is 7.21. The van der Waals surface area contributed by atoms with E-state index in [9.17, 15) is 10.4 Å². The van der Waals surface area contributed by atoms with Gasteiger partial charge in [-0.05, 0) is 73.8 Å². The summed E-state index contributed by atoms with van der Waals surface area (Å²) in [4.78, 5) is 0. The first kappa shape index (κ1) is 27.6. The van der Waals surface area contributed by atoms with E-state index in [0.717, 1.165) is 36.7 Å². The second-order valence-corrected chi connectivity index (χ2v) is 14.0. The lowest BCUT2D eigenvalue weighted by Gasteiger charge is -2.54. The van der Waals surface area contributed by atoms with Crippen molar-refractivity contribution in [1.29, 1.82) is 0 Å². The van der Waals surface area contributed by atoms with Crippen LogP contribution in [0.1, 0.15) is 92.2 Å². The van der Waals surface area contributed by atoms with Gasteiger partial charge in [0, 0.05) is 40.6 Å². The first-order valence-corrected chi connectivity index (χ1v) is 12.9. The SMILES string of the molecule is CC1(C)CC(OCc2ccc(C[N+](C)(C)C3CC(C)(C)N(O)C(C)(C)C3)cc2)CC(C)(C)N1O. The number of nitrogens with zero attached hydrogens (tertiary/aromatic N) is 3. The van der Waals surface area contributed by atoms with Gasteiger partial charge in [0.05, 0.1) is 32.8 Å². The molecular weight excluding hydrogens is 426 g/mol. The summed E-state index contributed by atoms with van der Waals surface area (Å²) in [7, 11) is 4.63. The van der Waals surface area contributed by atoms with Gasteiger partial charge in [0.2, 0.25) is 0 Å². The number of hydroxylamine groups is 4. The minimum absolute atomic E-state index is 0.132. The van der Waals surface area contributed by atoms with E-state index < -0.39 is 0 Å². The van der Waals surface area contributed by atoms with E-state index in [-0.39, 0.29) is 28.3 Å². The summed E-state index contributed by atoms with van der Waals surface area (Å²) in [6, 6.07) is 9.33. The highest BCUT2D eigenvalue weighted by Crippen LogP contribution is 2.41. The van der Waals surface area contributed by atoms with Gasteiger partial charge in [0.15, 0.2) is 0 Å². The van der Waals surface area contributed by atoms with Crippen LogP contribution in [0.15, 0.2) is 24.3 Å². The fraction of sp³-hybridized carbons (Fsp3) is 0.786. The summed E-state index contributed by atoms with van der Waals surface area (Å²) >= 11 is 0. The average molecular weight is 477 g/mol. The largest absolute Gasteiger partial charge is 0.373 e. The molecule has 0 bridgehead atoms. The molecular formula is C28H50N3O3+. The summed E-state index contributed by atoms with van der Waals surface area (Å²) in [5.74, 6) is 0. The van der Waals surface area contributed by atoms with Crippen molar-refractivity contribution in [3.63, 3.8) is 0 Å². The summed E-state index contributed by atoms with van der Waals surface area (Å²) in [5, 5.41) is 24.3. The molecule has 2 heterocycles. The van der Waals surface area contributed by atoms with Crippen molar-refractivity contribution >= 4 is 0 Å². The van der Waals surface area contributed by atoms with Gasteiger partial charge >= 0.3 is 0 Å². The van der Waals surface area contributed by atoms with Crippen molar-refractivity contribution < 1.29 is 19.6 Å². The van der Waals surface area contributed by atoms with Crippen LogP contribution < -0.4 is 0 Å². The molecule has 0 amide bonds. The van der Waals surface area contributed by atoms with Gasteiger partial charge in [-0.15, -0.1) is 0 Å². The van der Waals surface area contributed by atoms with Crippen molar-refractivity contribution in [2.24, 2.45) is 0 Å². The highest BCUT2D eigenvalue weighted by molar-refractivity contribution is 5.21. The molecule has 2 fully saturated rings. The smallest absolute Gasteiger partial charge is 0.104 e. The Morgan fingerprint density at radius 1 is 0.735 bits per heavy atom. The van der Waals surface area contributed by atoms with Crippen LogP contribution in [0.3, 0.4) is 0 Å². The number of hydrogen-bond acceptors (Lipinski definition) is 5. The quantitative estimate of drug-likeness (QED) is 0.523. The molecule has 0 unspecified atom stereocenters. The van der Waals surface area contributed by atoms with E-state index in [1.54, 1.807) is 5.06 Å². The van der Waals surface area contributed by atoms with E-state index in [4.69, 9.17) is 4.74 Å². The Bertz CT molecular complexity index is 809. The molecule has 6 nitrogen and oxygen atoms in total. The van der Waals surface area contributed by atoms with E-state index >= 15 is 0 Å². The Hall–Kier alpha value is -1.02. The highest BCUT2D eigenvalue weighted by Gasteiger charge is 2.50. The van der Waals surface area contributed by atoms with Gasteiger partial charge in [-0.2, -0.15) is 10.1 Å². The lowest BCUT2D eigenvalue weighted by Crippen LogP contribution is -2.65. The van der Waals surface area contributed by atoms with E-state index in [1.807, 2.05) is 0 Å². The fourth-order valence-electron chi connectivity index (χ4n) is 6.56. The van der Waals surface area contributed by atoms with Crippen LogP contribution in [0.2, 0.25) is 0 Å². The standard InChI is InChI=1S/C28H50N3O3/c1-25(2)15-23(16-26(3,4)29(25)32)31(9,10)19-21-11-13-22(14-12-21)20-34-24-17-27(5,6)30(33)28(7,8)18-24/h11-14,23-24,32-33H,15-20H2,1-10H3/q+1. The third-order valence-corrected chi connectivity index (χ3v) is 8.31. The molecule has 2 aliphatic heterocycles. The van der Waals surface area contributed by atoms with Gasteiger partial charge in [-0.25, -0.2) is 0 Å². The van der Waals surface area contributed by atoms with Crippen molar-refractivity contribution in [3.8, 4) is 0 Å². The zero-order valence-corrected chi connectivity index (χ0v) is 23.4. The normalized spacial score (nSPS) is 26.0. The third kappa shape index (κ3) is 5.85. The molecule has 0 aromatic heterocycles. The lowest BCUT2D eigenvalue weighted by molar-refractivity contribution is -0.931. The molecule has 34 heavy (non-hydrogen) atoms. The number of rotatable bonds is 6. The predicted octanol–water partition coefficient (Wildman–Crippen LogP) is 5.60. The van der Waals surface area contributed by atoms with Crippen molar-refractivity contribution in [2.75, 3.05) is 14.1 Å². The van der Waals surface area contributed by atoms with E-state index in [2.05, 4.69) is 93.8 Å². The maximum atomic E-state index is 10.7. The molecule has 0 saturated carbocycles. The second kappa shape index (κ2) is 9.13. The number of ether oxygens (including phenoxy) is 1. The Labute approximate surface area is 208 Å². The zero-order valence-electron chi connectivity index (χ0n) is 23.4. The van der Waals surface area contributed by atoms with Gasteiger partial charge in [-0.3, -0.25) is 0 Å². The van der Waals surface area contributed by atoms with Crippen LogP contribution in [-0.2, 0) is 17.9 Å². The Kier molecular flexibility index (Phi) is 7.40. The van der Waals surface area contributed by atoms with Gasteiger partial charge in [0.25, 0.3) is 0 Å². The molecule has 2 aliphatic rings. The molecule has 6 heteroatoms. The van der Waals surface area contributed by atoms with Crippen LogP contribution in [0.4, 0.5) is 0 Å². The van der Waals surface area contributed by atoms with E-state index in [0.29, 0.717) is 12.6 Å². The Morgan fingerprint density at radius 3 is 1.56 bits per heavy atom. The van der Waals surface area contributed by atoms with Crippen LogP contribution in [-0.4, -0.2) is 73.4 Å². The molecule has 194 valence electrons. The fourth-order valence-corrected chi connectivity index (χ4v) is 6.56. The van der Waals surface area contributed by atoms with Crippen molar-refractivity contribution in [2.45, 2.75) is 129 Å². The second-order valence-electron chi connectivity index (χ2n) is 14.0. The van der Waals surface area contributed by atoms with E-state index in [1.165, 1.54) is 16.2 Å². The minimum atomic E-state index is -0.297. The summed E-state index contributed by atoms with van der Waals surface area (Å²) in [5.41, 5.74) is 1.44. The summed E-state index contributed by atoms with van der Waals surface area (Å²) in [6.45, 7) is 18.4. The van der Waals surface area contributed by atoms with Crippen LogP contribution in [0, 0.1) is 0 Å². The van der Waals surface area contributed by atoms with Crippen LogP contribution in [0.25, 0.3) is 0 Å². The monoisotopic (exact) mass is 476 g/mol. The van der Waals surface area contributed by atoms with Gasteiger partial charge < -0.3 is 19.6 Å². The van der Waals surface area contributed by atoms with Crippen molar-refractivity contribution in [3.05, 3.63) is 35.4 Å². The predicted molar refractivity (Wildman–Crippen MR) is 137 cm³/mol. The third-order valence-electron chi connectivity index (χ3n) is 8.31. The van der Waals surface area contributed by atoms with Crippen LogP contribution in [0.5, 0.6) is 0 Å². The van der Waals surface area contributed by atoms with Crippen LogP contribution >= 0.6 is 0 Å². The summed E-state index contributed by atoms with van der Waals surface area (Å²) in [6.07, 6.45) is 3.69. The van der Waals surface area contributed by atoms with Gasteiger partial charge in [0.1, 0.15) is 6.54 Å². The molecule has 1 aromatic rings. The number of quaternary nitrogens is 1. The average Bonchev–Trinajstić information content (AvgIpc) is 2.68. The first-order chi connectivity index (χ1) is 15.4. The van der Waals surface area contributed by atoms with Gasteiger partial charge in [-0.1, -0.05) is 24.3 Å². The highest BCUT2D eigenvalue weighted by atomic mass is 16.5. The van der Waals surface area contributed by atoms with Crippen molar-refractivity contribution in [1.82, 2.24) is 10.1 Å². The molecule has 2 N–H and O–H groups in total. The maximum absolute atomic E-state index is 10.7. The molecule has 0 radical (unpaired) electrons. The molecule has 1 aromatic carbocycles. The molecule has 2 saturated heterocycles. The molecule has 0 aliphatic carbocycles. The molecule has 3 rings (SSSR count). The Morgan fingerprint density at radius 2 is 1.12 bits per heavy atom. The topological polar surface area (TPSA) is 56.2 Å². The number of hydrogen-bond donors (Lipinski definition) is 2. The zero-order chi connectivity index (χ0) is 25.7. The minimum Gasteiger partial charge on any atom is -0.373 e. The number of benzene rings is 1. The Balaban J connectivity index is 1.60. The maximum Gasteiger partial charge on any atom is 0.104 e. The first-order valence-electron chi connectivity index (χ1n) is 12.9. The molecule has 0 spiro atoms. The lowest BCUT2D eigenvalue weighted by atomic mass is 9.77. The molecule has 0 atom stereocenters.